The molecule has 20 heavy (non-hydrogen) atoms. The lowest BCUT2D eigenvalue weighted by Gasteiger charge is -2.37. The molecule has 1 unspecified atom stereocenters. The van der Waals surface area contributed by atoms with Crippen molar-refractivity contribution in [1.82, 2.24) is 4.90 Å². The lowest BCUT2D eigenvalue weighted by molar-refractivity contribution is 0.0982. The summed E-state index contributed by atoms with van der Waals surface area (Å²) in [4.78, 5) is 2.41. The summed E-state index contributed by atoms with van der Waals surface area (Å²) in [5, 5.41) is 9.19. The minimum absolute atomic E-state index is 0.0925. The molecule has 0 saturated heterocycles. The highest BCUT2D eigenvalue weighted by atomic mass is 16.3. The molecule has 112 valence electrons. The van der Waals surface area contributed by atoms with Crippen LogP contribution in [0.4, 0.5) is 0 Å². The zero-order chi connectivity index (χ0) is 14.5. The number of benzene rings is 1. The van der Waals surface area contributed by atoms with Gasteiger partial charge < -0.3 is 10.8 Å². The summed E-state index contributed by atoms with van der Waals surface area (Å²) in [5.41, 5.74) is 10.1. The van der Waals surface area contributed by atoms with Gasteiger partial charge in [0.15, 0.2) is 0 Å². The maximum Gasteiger partial charge on any atom is 0.0558 e. The summed E-state index contributed by atoms with van der Waals surface area (Å²) in [6.07, 6.45) is 4.84. The van der Waals surface area contributed by atoms with E-state index in [2.05, 4.69) is 36.9 Å². The molecule has 1 aromatic carbocycles. The van der Waals surface area contributed by atoms with E-state index in [4.69, 9.17) is 5.73 Å². The minimum Gasteiger partial charge on any atom is -0.395 e. The van der Waals surface area contributed by atoms with E-state index in [9.17, 15) is 5.11 Å². The Morgan fingerprint density at radius 2 is 1.85 bits per heavy atom. The molecule has 1 atom stereocenters. The van der Waals surface area contributed by atoms with E-state index in [1.54, 1.807) is 0 Å². The Morgan fingerprint density at radius 3 is 2.35 bits per heavy atom. The van der Waals surface area contributed by atoms with Gasteiger partial charge in [-0.05, 0) is 38.7 Å². The first-order chi connectivity index (χ1) is 9.60. The van der Waals surface area contributed by atoms with E-state index >= 15 is 0 Å². The van der Waals surface area contributed by atoms with Gasteiger partial charge in [0.05, 0.1) is 6.61 Å². The first kappa shape index (κ1) is 15.5. The number of aryl methyl sites for hydroxylation is 2. The van der Waals surface area contributed by atoms with Crippen molar-refractivity contribution in [3.05, 3.63) is 34.9 Å². The summed E-state index contributed by atoms with van der Waals surface area (Å²) in [6.45, 7) is 6.25. The molecule has 1 aromatic rings. The lowest BCUT2D eigenvalue weighted by atomic mass is 9.91. The average molecular weight is 276 g/mol. The number of nitrogens with zero attached hydrogens (tertiary/aromatic N) is 1. The maximum atomic E-state index is 9.19. The minimum atomic E-state index is 0.0925. The van der Waals surface area contributed by atoms with Crippen LogP contribution < -0.4 is 5.73 Å². The summed E-state index contributed by atoms with van der Waals surface area (Å²) < 4.78 is 0. The Kier molecular flexibility index (Phi) is 5.58. The van der Waals surface area contributed by atoms with Crippen molar-refractivity contribution < 1.29 is 5.11 Å². The lowest BCUT2D eigenvalue weighted by Crippen LogP contribution is -2.43. The third kappa shape index (κ3) is 4.05. The molecule has 3 nitrogen and oxygen atoms in total. The summed E-state index contributed by atoms with van der Waals surface area (Å²) in [6, 6.07) is 7.33. The second-order valence-corrected chi connectivity index (χ2v) is 6.16. The molecule has 2 rings (SSSR count). The van der Waals surface area contributed by atoms with Crippen molar-refractivity contribution in [2.75, 3.05) is 19.7 Å². The first-order valence-electron chi connectivity index (χ1n) is 7.79. The number of rotatable bonds is 7. The number of nitrogens with two attached hydrogens (primary N) is 1. The Labute approximate surface area is 122 Å². The topological polar surface area (TPSA) is 49.5 Å². The van der Waals surface area contributed by atoms with Crippen LogP contribution in [0.25, 0.3) is 0 Å². The van der Waals surface area contributed by atoms with Gasteiger partial charge in [0.2, 0.25) is 0 Å². The monoisotopic (exact) mass is 276 g/mol. The van der Waals surface area contributed by atoms with Crippen molar-refractivity contribution in [1.29, 1.82) is 0 Å². The zero-order valence-corrected chi connectivity index (χ0v) is 12.8. The molecular weight excluding hydrogens is 248 g/mol. The fourth-order valence-corrected chi connectivity index (χ4v) is 3.05. The SMILES string of the molecule is Cc1cc(C)cc(C(N)CCN(CCO)C2CCC2)c1. The quantitative estimate of drug-likeness (QED) is 0.804. The van der Waals surface area contributed by atoms with Crippen molar-refractivity contribution in [3.63, 3.8) is 0 Å². The highest BCUT2D eigenvalue weighted by Crippen LogP contribution is 2.26. The number of hydrogen-bond acceptors (Lipinski definition) is 3. The zero-order valence-electron chi connectivity index (χ0n) is 12.8. The maximum absolute atomic E-state index is 9.19. The molecule has 0 spiro atoms. The van der Waals surface area contributed by atoms with E-state index in [1.807, 2.05) is 0 Å². The predicted molar refractivity (Wildman–Crippen MR) is 83.8 cm³/mol. The molecule has 3 heteroatoms. The third-order valence-electron chi connectivity index (χ3n) is 4.38. The van der Waals surface area contributed by atoms with Gasteiger partial charge in [-0.2, -0.15) is 0 Å². The van der Waals surface area contributed by atoms with Crippen molar-refractivity contribution in [2.45, 2.75) is 51.6 Å². The van der Waals surface area contributed by atoms with Gasteiger partial charge in [0, 0.05) is 25.2 Å². The van der Waals surface area contributed by atoms with Crippen LogP contribution >= 0.6 is 0 Å². The largest absolute Gasteiger partial charge is 0.395 e. The van der Waals surface area contributed by atoms with E-state index in [1.165, 1.54) is 36.0 Å². The molecule has 1 fully saturated rings. The molecule has 1 saturated carbocycles. The van der Waals surface area contributed by atoms with Crippen LogP contribution in [0, 0.1) is 13.8 Å². The van der Waals surface area contributed by atoms with E-state index in [0.29, 0.717) is 6.04 Å². The molecule has 0 amide bonds. The van der Waals surface area contributed by atoms with Crippen LogP contribution in [0.1, 0.15) is 48.4 Å². The normalized spacial score (nSPS) is 17.2. The van der Waals surface area contributed by atoms with Crippen molar-refractivity contribution >= 4 is 0 Å². The Morgan fingerprint density at radius 1 is 1.20 bits per heavy atom. The second-order valence-electron chi connectivity index (χ2n) is 6.16. The molecule has 0 aromatic heterocycles. The second kappa shape index (κ2) is 7.21. The van der Waals surface area contributed by atoms with E-state index in [0.717, 1.165) is 19.5 Å². The molecule has 1 aliphatic rings. The van der Waals surface area contributed by atoms with Crippen LogP contribution in [0.3, 0.4) is 0 Å². The van der Waals surface area contributed by atoms with Crippen LogP contribution in [0.2, 0.25) is 0 Å². The third-order valence-corrected chi connectivity index (χ3v) is 4.38. The standard InChI is InChI=1S/C17H28N2O/c1-13-10-14(2)12-15(11-13)17(18)6-7-19(8-9-20)16-4-3-5-16/h10-12,16-17,20H,3-9,18H2,1-2H3. The number of aliphatic hydroxyl groups excluding tert-OH is 1. The van der Waals surface area contributed by atoms with Crippen LogP contribution in [0.5, 0.6) is 0 Å². The van der Waals surface area contributed by atoms with Gasteiger partial charge in [-0.3, -0.25) is 4.90 Å². The predicted octanol–water partition coefficient (Wildman–Crippen LogP) is 2.54. The molecule has 1 aliphatic carbocycles. The van der Waals surface area contributed by atoms with Gasteiger partial charge in [0.1, 0.15) is 0 Å². The molecule has 0 bridgehead atoms. The molecule has 0 heterocycles. The molecular formula is C17H28N2O. The molecule has 3 N–H and O–H groups in total. The van der Waals surface area contributed by atoms with Crippen LogP contribution in [0.15, 0.2) is 18.2 Å². The Bertz CT molecular complexity index is 409. The Balaban J connectivity index is 1.90. The molecule has 0 aliphatic heterocycles. The van der Waals surface area contributed by atoms with Gasteiger partial charge in [0.25, 0.3) is 0 Å². The average Bonchev–Trinajstić information content (AvgIpc) is 2.32. The Hall–Kier alpha value is -0.900. The van der Waals surface area contributed by atoms with Crippen LogP contribution in [-0.4, -0.2) is 35.7 Å². The summed E-state index contributed by atoms with van der Waals surface area (Å²) in [7, 11) is 0. The fourth-order valence-electron chi connectivity index (χ4n) is 3.05. The van der Waals surface area contributed by atoms with E-state index in [-0.39, 0.29) is 12.6 Å². The highest BCUT2D eigenvalue weighted by molar-refractivity contribution is 5.30. The highest BCUT2D eigenvalue weighted by Gasteiger charge is 2.24. The van der Waals surface area contributed by atoms with Gasteiger partial charge in [-0.25, -0.2) is 0 Å². The van der Waals surface area contributed by atoms with Crippen molar-refractivity contribution in [2.24, 2.45) is 5.73 Å². The van der Waals surface area contributed by atoms with Crippen molar-refractivity contribution in [3.8, 4) is 0 Å². The van der Waals surface area contributed by atoms with Crippen LogP contribution in [-0.2, 0) is 0 Å². The summed E-state index contributed by atoms with van der Waals surface area (Å²) in [5.74, 6) is 0. The number of aliphatic hydroxyl groups is 1. The fraction of sp³-hybridized carbons (Fsp3) is 0.647. The van der Waals surface area contributed by atoms with Gasteiger partial charge in [-0.1, -0.05) is 35.7 Å². The first-order valence-corrected chi connectivity index (χ1v) is 7.79. The van der Waals surface area contributed by atoms with E-state index < -0.39 is 0 Å². The number of hydrogen-bond donors (Lipinski definition) is 2. The summed E-state index contributed by atoms with van der Waals surface area (Å²) >= 11 is 0. The smallest absolute Gasteiger partial charge is 0.0558 e. The van der Waals surface area contributed by atoms with Gasteiger partial charge in [-0.15, -0.1) is 0 Å². The van der Waals surface area contributed by atoms with Gasteiger partial charge >= 0.3 is 0 Å². The molecule has 0 radical (unpaired) electrons.